The van der Waals surface area contributed by atoms with Crippen LogP contribution in [-0.4, -0.2) is 25.1 Å². The first-order chi connectivity index (χ1) is 13.0. The van der Waals surface area contributed by atoms with E-state index >= 15 is 0 Å². The molecule has 2 aromatic carbocycles. The molecule has 2 aromatic rings. The van der Waals surface area contributed by atoms with Gasteiger partial charge >= 0.3 is 5.97 Å². The van der Waals surface area contributed by atoms with Gasteiger partial charge in [-0.25, -0.2) is 9.79 Å². The number of aliphatic imine (C=N–C) groups is 1. The highest BCUT2D eigenvalue weighted by Crippen LogP contribution is 2.21. The minimum Gasteiger partial charge on any atom is -0.497 e. The third-order valence-corrected chi connectivity index (χ3v) is 4.01. The molecule has 1 heterocycles. The van der Waals surface area contributed by atoms with Crippen LogP contribution in [0.25, 0.3) is 6.08 Å². The topological polar surface area (TPSA) is 57.1 Å². The van der Waals surface area contributed by atoms with Gasteiger partial charge < -0.3 is 14.2 Å². The Kier molecular flexibility index (Phi) is 5.91. The molecule has 0 saturated carbocycles. The molecule has 0 spiro atoms. The first-order valence-corrected chi connectivity index (χ1v) is 8.94. The van der Waals surface area contributed by atoms with Crippen LogP contribution in [-0.2, 0) is 16.0 Å². The fourth-order valence-corrected chi connectivity index (χ4v) is 2.68. The molecule has 0 fully saturated rings. The molecule has 5 heteroatoms. The molecule has 0 unspecified atom stereocenters. The van der Waals surface area contributed by atoms with Gasteiger partial charge in [0.2, 0.25) is 0 Å². The summed E-state index contributed by atoms with van der Waals surface area (Å²) in [5, 5.41) is 0. The lowest BCUT2D eigenvalue weighted by Gasteiger charge is -2.09. The molecule has 5 nitrogen and oxygen atoms in total. The average molecular weight is 365 g/mol. The lowest BCUT2D eigenvalue weighted by atomic mass is 10.1. The van der Waals surface area contributed by atoms with Gasteiger partial charge in [-0.05, 0) is 61.7 Å². The second-order valence-corrected chi connectivity index (χ2v) is 6.51. The van der Waals surface area contributed by atoms with Gasteiger partial charge in [0.1, 0.15) is 11.5 Å². The summed E-state index contributed by atoms with van der Waals surface area (Å²) < 4.78 is 16.1. The highest BCUT2D eigenvalue weighted by atomic mass is 16.6. The van der Waals surface area contributed by atoms with Crippen molar-refractivity contribution in [3.05, 3.63) is 65.4 Å². The number of methoxy groups -OCH3 is 1. The molecule has 0 N–H and O–H groups in total. The van der Waals surface area contributed by atoms with Crippen LogP contribution in [0, 0.1) is 0 Å². The van der Waals surface area contributed by atoms with Crippen molar-refractivity contribution in [3.63, 3.8) is 0 Å². The number of aryl methyl sites for hydroxylation is 1. The van der Waals surface area contributed by atoms with E-state index < -0.39 is 5.97 Å². The zero-order valence-electron chi connectivity index (χ0n) is 15.8. The Morgan fingerprint density at radius 2 is 1.67 bits per heavy atom. The lowest BCUT2D eigenvalue weighted by Crippen LogP contribution is -2.05. The second-order valence-electron chi connectivity index (χ2n) is 6.51. The summed E-state index contributed by atoms with van der Waals surface area (Å²) in [5.41, 5.74) is 2.32. The van der Waals surface area contributed by atoms with E-state index in [1.54, 1.807) is 13.2 Å². The summed E-state index contributed by atoms with van der Waals surface area (Å²) >= 11 is 0. The lowest BCUT2D eigenvalue weighted by molar-refractivity contribution is -0.130. The maximum atomic E-state index is 12.1. The predicted molar refractivity (Wildman–Crippen MR) is 105 cm³/mol. The highest BCUT2D eigenvalue weighted by Gasteiger charge is 2.22. The van der Waals surface area contributed by atoms with Crippen molar-refractivity contribution in [2.75, 3.05) is 7.11 Å². The number of hydrogen-bond donors (Lipinski definition) is 0. The Balaban J connectivity index is 1.63. The van der Waals surface area contributed by atoms with Crippen molar-refractivity contribution in [1.82, 2.24) is 0 Å². The molecular weight excluding hydrogens is 342 g/mol. The number of benzene rings is 2. The van der Waals surface area contributed by atoms with E-state index in [-0.39, 0.29) is 6.10 Å². The third-order valence-electron chi connectivity index (χ3n) is 4.01. The molecule has 140 valence electrons. The number of hydrogen-bond acceptors (Lipinski definition) is 5. The Labute approximate surface area is 159 Å². The smallest absolute Gasteiger partial charge is 0.363 e. The first-order valence-electron chi connectivity index (χ1n) is 8.94. The number of cyclic esters (lactones) is 1. The molecule has 0 saturated heterocycles. The summed E-state index contributed by atoms with van der Waals surface area (Å²) in [4.78, 5) is 16.4. The molecule has 0 bridgehead atoms. The molecule has 0 atom stereocenters. The molecule has 27 heavy (non-hydrogen) atoms. The summed E-state index contributed by atoms with van der Waals surface area (Å²) in [7, 11) is 1.64. The van der Waals surface area contributed by atoms with Crippen molar-refractivity contribution in [2.24, 2.45) is 4.99 Å². The van der Waals surface area contributed by atoms with Crippen LogP contribution in [0.3, 0.4) is 0 Å². The van der Waals surface area contributed by atoms with Crippen molar-refractivity contribution in [1.29, 1.82) is 0 Å². The third kappa shape index (κ3) is 5.20. The maximum Gasteiger partial charge on any atom is 0.363 e. The van der Waals surface area contributed by atoms with E-state index in [9.17, 15) is 4.79 Å². The van der Waals surface area contributed by atoms with Gasteiger partial charge in [-0.3, -0.25) is 0 Å². The van der Waals surface area contributed by atoms with Gasteiger partial charge in [-0.1, -0.05) is 24.3 Å². The first kappa shape index (κ1) is 18.7. The molecule has 0 radical (unpaired) electrons. The molecule has 0 aliphatic carbocycles. The van der Waals surface area contributed by atoms with Crippen LogP contribution in [0.4, 0.5) is 0 Å². The van der Waals surface area contributed by atoms with Gasteiger partial charge in [0, 0.05) is 6.42 Å². The number of ether oxygens (including phenoxy) is 3. The zero-order chi connectivity index (χ0) is 19.2. The summed E-state index contributed by atoms with van der Waals surface area (Å²) in [6, 6.07) is 15.3. The van der Waals surface area contributed by atoms with Crippen molar-refractivity contribution >= 4 is 17.9 Å². The molecule has 1 aliphatic rings. The quantitative estimate of drug-likeness (QED) is 0.539. The van der Waals surface area contributed by atoms with Crippen molar-refractivity contribution in [3.8, 4) is 11.5 Å². The maximum absolute atomic E-state index is 12.1. The van der Waals surface area contributed by atoms with Crippen LogP contribution >= 0.6 is 0 Å². The SMILES string of the molecule is COc1ccc(CCC2=N/C(=C/c3ccc(OC(C)C)cc3)C(=O)O2)cc1. The van der Waals surface area contributed by atoms with Crippen LogP contribution in [0.15, 0.2) is 59.2 Å². The molecule has 1 aliphatic heterocycles. The Hall–Kier alpha value is -3.08. The van der Waals surface area contributed by atoms with E-state index in [1.807, 2.05) is 62.4 Å². The molecular formula is C22H23NO4. The normalized spacial score (nSPS) is 15.0. The Bertz CT molecular complexity index is 849. The minimum atomic E-state index is -0.415. The van der Waals surface area contributed by atoms with Crippen LogP contribution in [0.2, 0.25) is 0 Å². The number of rotatable bonds is 7. The van der Waals surface area contributed by atoms with Crippen LogP contribution in [0.5, 0.6) is 11.5 Å². The molecule has 3 rings (SSSR count). The standard InChI is InChI=1S/C22H23NO4/c1-15(2)26-19-11-6-17(7-12-19)14-20-22(24)27-21(23-20)13-8-16-4-9-18(25-3)10-5-16/h4-7,9-12,14-15H,8,13H2,1-3H3/b20-14+. The van der Waals surface area contributed by atoms with Crippen LogP contribution in [0.1, 0.15) is 31.4 Å². The second kappa shape index (κ2) is 8.54. The Morgan fingerprint density at radius 1 is 1.00 bits per heavy atom. The fourth-order valence-electron chi connectivity index (χ4n) is 2.68. The van der Waals surface area contributed by atoms with E-state index in [4.69, 9.17) is 14.2 Å². The van der Waals surface area contributed by atoms with Gasteiger partial charge in [0.15, 0.2) is 11.6 Å². The molecule has 0 aromatic heterocycles. The largest absolute Gasteiger partial charge is 0.497 e. The van der Waals surface area contributed by atoms with Crippen LogP contribution < -0.4 is 9.47 Å². The minimum absolute atomic E-state index is 0.122. The number of nitrogens with zero attached hydrogens (tertiary/aromatic N) is 1. The average Bonchev–Trinajstić information content (AvgIpc) is 3.01. The fraction of sp³-hybridized carbons (Fsp3) is 0.273. The monoisotopic (exact) mass is 365 g/mol. The van der Waals surface area contributed by atoms with Gasteiger partial charge in [0.05, 0.1) is 13.2 Å². The van der Waals surface area contributed by atoms with Crippen molar-refractivity contribution < 1.29 is 19.0 Å². The van der Waals surface area contributed by atoms with E-state index in [0.717, 1.165) is 29.0 Å². The van der Waals surface area contributed by atoms with Gasteiger partial charge in [-0.2, -0.15) is 0 Å². The number of carbonyl (C=O) groups excluding carboxylic acids is 1. The van der Waals surface area contributed by atoms with E-state index in [0.29, 0.717) is 18.0 Å². The summed E-state index contributed by atoms with van der Waals surface area (Å²) in [6.45, 7) is 3.96. The van der Waals surface area contributed by atoms with E-state index in [2.05, 4.69) is 4.99 Å². The molecule has 0 amide bonds. The highest BCUT2D eigenvalue weighted by molar-refractivity contribution is 6.07. The van der Waals surface area contributed by atoms with E-state index in [1.165, 1.54) is 0 Å². The van der Waals surface area contributed by atoms with Gasteiger partial charge in [0.25, 0.3) is 0 Å². The summed E-state index contributed by atoms with van der Waals surface area (Å²) in [6.07, 6.45) is 3.15. The van der Waals surface area contributed by atoms with Crippen molar-refractivity contribution in [2.45, 2.75) is 32.8 Å². The predicted octanol–water partition coefficient (Wildman–Crippen LogP) is 4.41. The number of carbonyl (C=O) groups is 1. The van der Waals surface area contributed by atoms with Gasteiger partial charge in [-0.15, -0.1) is 0 Å². The zero-order valence-corrected chi connectivity index (χ0v) is 15.8. The number of esters is 1. The summed E-state index contributed by atoms with van der Waals surface area (Å²) in [5.74, 6) is 1.65. The Morgan fingerprint density at radius 3 is 2.30 bits per heavy atom.